The number of halogens is 1. The number of nitrogens with zero attached hydrogens (tertiary/aromatic N) is 2. The summed E-state index contributed by atoms with van der Waals surface area (Å²) >= 11 is 6.31. The summed E-state index contributed by atoms with van der Waals surface area (Å²) in [5, 5.41) is 3.51. The SMILES string of the molecule is N[C@H](C=O)c1c(Cl)cc(CCc2ccccc2)[n+]2[nH]cnc12. The monoisotopic (exact) mass is 315 g/mol. The molecule has 112 valence electrons. The molecule has 0 saturated heterocycles. The fourth-order valence-corrected chi connectivity index (χ4v) is 2.88. The highest BCUT2D eigenvalue weighted by atomic mass is 35.5. The number of hydrogen-bond acceptors (Lipinski definition) is 3. The molecule has 0 bridgehead atoms. The first-order valence-corrected chi connectivity index (χ1v) is 7.39. The van der Waals surface area contributed by atoms with Crippen LogP contribution in [0.4, 0.5) is 0 Å². The van der Waals surface area contributed by atoms with E-state index in [1.165, 1.54) is 5.56 Å². The highest BCUT2D eigenvalue weighted by Crippen LogP contribution is 2.23. The number of aromatic nitrogens is 3. The van der Waals surface area contributed by atoms with Crippen molar-refractivity contribution in [3.8, 4) is 0 Å². The number of H-pyrrole nitrogens is 1. The summed E-state index contributed by atoms with van der Waals surface area (Å²) in [6, 6.07) is 11.3. The van der Waals surface area contributed by atoms with E-state index in [0.717, 1.165) is 18.5 Å². The van der Waals surface area contributed by atoms with Crippen molar-refractivity contribution in [3.63, 3.8) is 0 Å². The van der Waals surface area contributed by atoms with Gasteiger partial charge < -0.3 is 10.5 Å². The van der Waals surface area contributed by atoms with Gasteiger partial charge in [-0.25, -0.2) is 0 Å². The van der Waals surface area contributed by atoms with Gasteiger partial charge in [0.05, 0.1) is 16.6 Å². The molecule has 6 heteroatoms. The average Bonchev–Trinajstić information content (AvgIpc) is 3.02. The molecule has 5 nitrogen and oxygen atoms in total. The van der Waals surface area contributed by atoms with E-state index in [4.69, 9.17) is 17.3 Å². The van der Waals surface area contributed by atoms with Crippen molar-refractivity contribution in [2.45, 2.75) is 18.9 Å². The van der Waals surface area contributed by atoms with Gasteiger partial charge in [0.25, 0.3) is 0 Å². The summed E-state index contributed by atoms with van der Waals surface area (Å²) in [6.45, 7) is 0. The van der Waals surface area contributed by atoms with Crippen LogP contribution in [0.1, 0.15) is 22.9 Å². The van der Waals surface area contributed by atoms with Crippen LogP contribution < -0.4 is 10.2 Å². The Bertz CT molecular complexity index is 801. The predicted molar refractivity (Wildman–Crippen MR) is 83.6 cm³/mol. The number of pyridine rings is 1. The number of aromatic amines is 1. The van der Waals surface area contributed by atoms with Gasteiger partial charge in [-0.1, -0.05) is 41.9 Å². The summed E-state index contributed by atoms with van der Waals surface area (Å²) in [7, 11) is 0. The number of aryl methyl sites for hydroxylation is 2. The minimum absolute atomic E-state index is 0.467. The van der Waals surface area contributed by atoms with Crippen molar-refractivity contribution in [2.24, 2.45) is 5.73 Å². The molecule has 0 fully saturated rings. The lowest BCUT2D eigenvalue weighted by Gasteiger charge is -2.07. The number of aldehydes is 1. The van der Waals surface area contributed by atoms with E-state index in [2.05, 4.69) is 22.2 Å². The second-order valence-electron chi connectivity index (χ2n) is 5.09. The summed E-state index contributed by atoms with van der Waals surface area (Å²) in [4.78, 5) is 15.2. The van der Waals surface area contributed by atoms with E-state index < -0.39 is 6.04 Å². The van der Waals surface area contributed by atoms with Crippen LogP contribution in [0, 0.1) is 0 Å². The smallest absolute Gasteiger partial charge is 0.318 e. The minimum Gasteiger partial charge on any atom is -0.318 e. The fourth-order valence-electron chi connectivity index (χ4n) is 2.55. The van der Waals surface area contributed by atoms with E-state index in [1.54, 1.807) is 6.33 Å². The molecule has 0 spiro atoms. The third-order valence-electron chi connectivity index (χ3n) is 3.66. The first kappa shape index (κ1) is 14.7. The van der Waals surface area contributed by atoms with Gasteiger partial charge in [0, 0.05) is 12.5 Å². The Morgan fingerprint density at radius 1 is 1.32 bits per heavy atom. The second kappa shape index (κ2) is 6.25. The number of carbonyl (C=O) groups excluding carboxylic acids is 1. The Balaban J connectivity index is 1.97. The third kappa shape index (κ3) is 2.73. The molecule has 0 aliphatic heterocycles. The van der Waals surface area contributed by atoms with E-state index >= 15 is 0 Å². The van der Waals surface area contributed by atoms with E-state index in [0.29, 0.717) is 22.5 Å². The van der Waals surface area contributed by atoms with E-state index in [1.807, 2.05) is 28.8 Å². The first-order valence-electron chi connectivity index (χ1n) is 7.02. The second-order valence-corrected chi connectivity index (χ2v) is 5.50. The van der Waals surface area contributed by atoms with Gasteiger partial charge in [-0.2, -0.15) is 5.10 Å². The van der Waals surface area contributed by atoms with Gasteiger partial charge in [-0.3, -0.25) is 0 Å². The highest BCUT2D eigenvalue weighted by Gasteiger charge is 2.24. The Morgan fingerprint density at radius 3 is 2.82 bits per heavy atom. The summed E-state index contributed by atoms with van der Waals surface area (Å²) in [5.41, 5.74) is 9.19. The lowest BCUT2D eigenvalue weighted by atomic mass is 10.1. The van der Waals surface area contributed by atoms with Crippen LogP contribution in [-0.4, -0.2) is 16.4 Å². The zero-order valence-corrected chi connectivity index (χ0v) is 12.6. The largest absolute Gasteiger partial charge is 0.355 e. The van der Waals surface area contributed by atoms with E-state index in [9.17, 15) is 4.79 Å². The zero-order chi connectivity index (χ0) is 15.5. The van der Waals surface area contributed by atoms with Crippen molar-refractivity contribution in [3.05, 3.63) is 64.6 Å². The Labute approximate surface area is 132 Å². The molecular weight excluding hydrogens is 300 g/mol. The van der Waals surface area contributed by atoms with Gasteiger partial charge >= 0.3 is 5.65 Å². The lowest BCUT2D eigenvalue weighted by Crippen LogP contribution is -2.32. The van der Waals surface area contributed by atoms with Crippen LogP contribution in [-0.2, 0) is 17.6 Å². The predicted octanol–water partition coefficient (Wildman–Crippen LogP) is 1.79. The van der Waals surface area contributed by atoms with Gasteiger partial charge in [-0.05, 0) is 17.0 Å². The quantitative estimate of drug-likeness (QED) is 0.556. The molecule has 2 aromatic heterocycles. The van der Waals surface area contributed by atoms with Crippen molar-refractivity contribution < 1.29 is 9.31 Å². The fraction of sp³-hybridized carbons (Fsp3) is 0.188. The van der Waals surface area contributed by atoms with Crippen LogP contribution >= 0.6 is 11.6 Å². The van der Waals surface area contributed by atoms with Crippen LogP contribution in [0.5, 0.6) is 0 Å². The third-order valence-corrected chi connectivity index (χ3v) is 3.97. The number of nitrogens with two attached hydrogens (primary N) is 1. The number of fused-ring (bicyclic) bond motifs is 1. The first-order chi connectivity index (χ1) is 10.7. The van der Waals surface area contributed by atoms with Gasteiger partial charge in [0.1, 0.15) is 12.0 Å². The molecule has 0 saturated carbocycles. The van der Waals surface area contributed by atoms with Gasteiger partial charge in [-0.15, -0.1) is 4.52 Å². The minimum atomic E-state index is -0.783. The Hall–Kier alpha value is -2.24. The molecule has 2 heterocycles. The van der Waals surface area contributed by atoms with Crippen LogP contribution in [0.3, 0.4) is 0 Å². The standard InChI is InChI=1S/C16H15ClN4O/c17-13-8-12(7-6-11-4-2-1-3-5-11)21-16(19-10-20-21)15(13)14(18)9-22/h1-5,8-10,14H,6-7,18H2/p+1/t14-/m1/s1. The molecule has 0 aliphatic carbocycles. The molecular formula is C16H16ClN4O+. The molecule has 0 amide bonds. The Morgan fingerprint density at radius 2 is 2.09 bits per heavy atom. The van der Waals surface area contributed by atoms with Crippen molar-refractivity contribution in [2.75, 3.05) is 0 Å². The van der Waals surface area contributed by atoms with Crippen molar-refractivity contribution in [1.29, 1.82) is 0 Å². The van der Waals surface area contributed by atoms with E-state index in [-0.39, 0.29) is 0 Å². The summed E-state index contributed by atoms with van der Waals surface area (Å²) in [5.74, 6) is 0. The van der Waals surface area contributed by atoms with Crippen molar-refractivity contribution >= 4 is 23.5 Å². The van der Waals surface area contributed by atoms with Gasteiger partial charge in [0.15, 0.2) is 0 Å². The summed E-state index contributed by atoms with van der Waals surface area (Å²) < 4.78 is 1.83. The maximum atomic E-state index is 11.0. The molecule has 1 atom stereocenters. The normalized spacial score (nSPS) is 12.5. The molecule has 0 radical (unpaired) electrons. The van der Waals surface area contributed by atoms with Gasteiger partial charge in [0.2, 0.25) is 6.33 Å². The maximum Gasteiger partial charge on any atom is 0.355 e. The highest BCUT2D eigenvalue weighted by molar-refractivity contribution is 6.32. The zero-order valence-electron chi connectivity index (χ0n) is 11.9. The Kier molecular flexibility index (Phi) is 4.18. The molecule has 0 aliphatic rings. The number of hydrogen-bond donors (Lipinski definition) is 2. The lowest BCUT2D eigenvalue weighted by molar-refractivity contribution is -0.586. The number of carbonyl (C=O) groups is 1. The molecule has 1 aromatic carbocycles. The molecule has 22 heavy (non-hydrogen) atoms. The van der Waals surface area contributed by atoms with Crippen LogP contribution in [0.2, 0.25) is 5.02 Å². The number of rotatable bonds is 5. The summed E-state index contributed by atoms with van der Waals surface area (Å²) in [6.07, 6.45) is 3.92. The number of benzene rings is 1. The molecule has 0 unspecified atom stereocenters. The molecule has 3 N–H and O–H groups in total. The van der Waals surface area contributed by atoms with Crippen LogP contribution in [0.25, 0.3) is 5.65 Å². The molecule has 3 aromatic rings. The molecule has 3 rings (SSSR count). The van der Waals surface area contributed by atoms with Crippen LogP contribution in [0.15, 0.2) is 42.7 Å². The van der Waals surface area contributed by atoms with Crippen molar-refractivity contribution in [1.82, 2.24) is 10.1 Å². The maximum absolute atomic E-state index is 11.0. The average molecular weight is 316 g/mol. The number of nitrogens with one attached hydrogen (secondary N) is 1. The topological polar surface area (TPSA) is 75.9 Å².